The topological polar surface area (TPSA) is 88.2 Å². The van der Waals surface area contributed by atoms with E-state index >= 15 is 0 Å². The van der Waals surface area contributed by atoms with E-state index in [0.717, 1.165) is 23.5 Å². The highest BCUT2D eigenvalue weighted by atomic mass is 35.5. The van der Waals surface area contributed by atoms with Gasteiger partial charge in [-0.3, -0.25) is 14.4 Å². The predicted octanol–water partition coefficient (Wildman–Crippen LogP) is 6.81. The number of hydrogen-bond acceptors (Lipinski definition) is 8. The summed E-state index contributed by atoms with van der Waals surface area (Å²) in [4.78, 5) is 40.0. The zero-order valence-corrected chi connectivity index (χ0v) is 22.1. The molecule has 0 unspecified atom stereocenters. The Bertz CT molecular complexity index is 1320. The number of alkyl halides is 3. The molecular weight excluding hydrogens is 567 g/mol. The van der Waals surface area contributed by atoms with Crippen molar-refractivity contribution in [2.75, 3.05) is 18.4 Å². The fourth-order valence-corrected chi connectivity index (χ4v) is 5.08. The van der Waals surface area contributed by atoms with Crippen LogP contribution in [0.15, 0.2) is 65.5 Å². The number of carbonyl (C=O) groups excluding carboxylic acids is 3. The van der Waals surface area contributed by atoms with Crippen LogP contribution in [0.1, 0.15) is 46.6 Å². The maximum atomic E-state index is 13.1. The quantitative estimate of drug-likeness (QED) is 0.128. The molecule has 0 saturated heterocycles. The number of rotatable bonds is 9. The van der Waals surface area contributed by atoms with E-state index < -0.39 is 23.1 Å². The van der Waals surface area contributed by atoms with Crippen molar-refractivity contribution in [3.8, 4) is 0 Å². The normalized spacial score (nSPS) is 10.8. The van der Waals surface area contributed by atoms with E-state index in [1.54, 1.807) is 24.3 Å². The molecule has 0 radical (unpaired) electrons. The van der Waals surface area contributed by atoms with Crippen molar-refractivity contribution in [3.63, 3.8) is 0 Å². The van der Waals surface area contributed by atoms with Gasteiger partial charge in [-0.2, -0.15) is 13.2 Å². The molecule has 0 aliphatic carbocycles. The molecule has 6 nitrogen and oxygen atoms in total. The van der Waals surface area contributed by atoms with Gasteiger partial charge in [0.25, 0.3) is 11.1 Å². The third-order valence-corrected chi connectivity index (χ3v) is 7.59. The van der Waals surface area contributed by atoms with Gasteiger partial charge in [0.1, 0.15) is 0 Å². The van der Waals surface area contributed by atoms with Gasteiger partial charge in [-0.25, -0.2) is 4.98 Å². The summed E-state index contributed by atoms with van der Waals surface area (Å²) in [5.74, 6) is -0.850. The van der Waals surface area contributed by atoms with Crippen LogP contribution in [0.2, 0.25) is 0 Å². The molecule has 0 atom stereocenters. The first kappa shape index (κ1) is 28.5. The number of aromatic nitrogens is 1. The standard InChI is InChI=1S/C19H16F3N3O2S2.C5H3ClOS/c20-19(21,22)13-6-2-1-5-12(13)16(26)15-11-25-18(29-15)24-9-4-8-23-17(27)14-7-3-10-28-14;6-5(7)4-2-1-3-8-4/h1-3,5-7,10-11H,4,8-9H2,(H,23,27)(H,24,25);1-3H. The smallest absolute Gasteiger partial charge is 0.361 e. The zero-order chi connectivity index (χ0) is 26.8. The lowest BCUT2D eigenvalue weighted by Crippen LogP contribution is -2.25. The van der Waals surface area contributed by atoms with Crippen LogP contribution in [0.5, 0.6) is 0 Å². The number of nitrogens with one attached hydrogen (secondary N) is 2. The summed E-state index contributed by atoms with van der Waals surface area (Å²) < 4.78 is 39.3. The fourth-order valence-electron chi connectivity index (χ4n) is 2.89. The number of thiophene rings is 2. The van der Waals surface area contributed by atoms with Gasteiger partial charge >= 0.3 is 6.18 Å². The van der Waals surface area contributed by atoms with Crippen molar-refractivity contribution in [1.82, 2.24) is 10.3 Å². The SMILES string of the molecule is O=C(Cl)c1cccs1.O=C(NCCCNc1ncc(C(=O)c2ccccc2C(F)(F)F)s1)c1cccs1. The van der Waals surface area contributed by atoms with Gasteiger partial charge in [0.15, 0.2) is 5.13 Å². The summed E-state index contributed by atoms with van der Waals surface area (Å²) in [5.41, 5.74) is -1.36. The molecule has 0 spiro atoms. The molecule has 2 N–H and O–H groups in total. The van der Waals surface area contributed by atoms with Gasteiger partial charge in [-0.15, -0.1) is 22.7 Å². The van der Waals surface area contributed by atoms with Crippen LogP contribution in [0.25, 0.3) is 0 Å². The first-order valence-electron chi connectivity index (χ1n) is 10.6. The number of thiazole rings is 1. The highest BCUT2D eigenvalue weighted by molar-refractivity contribution is 7.17. The Kier molecular flexibility index (Phi) is 10.4. The molecule has 0 bridgehead atoms. The van der Waals surface area contributed by atoms with Crippen molar-refractivity contribution in [2.45, 2.75) is 12.6 Å². The van der Waals surface area contributed by atoms with Crippen molar-refractivity contribution in [3.05, 3.63) is 91.2 Å². The van der Waals surface area contributed by atoms with Gasteiger partial charge in [0, 0.05) is 18.7 Å². The molecule has 0 saturated carbocycles. The third kappa shape index (κ3) is 8.49. The number of carbonyl (C=O) groups is 3. The number of nitrogens with zero attached hydrogens (tertiary/aromatic N) is 1. The van der Waals surface area contributed by atoms with E-state index in [-0.39, 0.29) is 16.0 Å². The Hall–Kier alpha value is -3.06. The molecule has 13 heteroatoms. The summed E-state index contributed by atoms with van der Waals surface area (Å²) >= 11 is 8.82. The average Bonchev–Trinajstić information content (AvgIpc) is 3.66. The molecule has 1 amide bonds. The minimum absolute atomic E-state index is 0.121. The van der Waals surface area contributed by atoms with E-state index in [9.17, 15) is 27.6 Å². The first-order chi connectivity index (χ1) is 17.7. The lowest BCUT2D eigenvalue weighted by molar-refractivity contribution is -0.137. The molecule has 4 aromatic rings. The largest absolute Gasteiger partial charge is 0.417 e. The third-order valence-electron chi connectivity index (χ3n) is 4.58. The van der Waals surface area contributed by atoms with Crippen molar-refractivity contribution < 1.29 is 27.6 Å². The van der Waals surface area contributed by atoms with E-state index in [1.165, 1.54) is 41.0 Å². The summed E-state index contributed by atoms with van der Waals surface area (Å²) in [7, 11) is 0. The Morgan fingerprint density at radius 2 is 1.57 bits per heavy atom. The van der Waals surface area contributed by atoms with E-state index in [4.69, 9.17) is 11.6 Å². The molecule has 0 aliphatic heterocycles. The van der Waals surface area contributed by atoms with Crippen molar-refractivity contribution in [1.29, 1.82) is 0 Å². The molecule has 0 aliphatic rings. The molecule has 0 fully saturated rings. The summed E-state index contributed by atoms with van der Waals surface area (Å²) in [6.45, 7) is 0.949. The predicted molar refractivity (Wildman–Crippen MR) is 141 cm³/mol. The van der Waals surface area contributed by atoms with Crippen LogP contribution >= 0.6 is 45.6 Å². The van der Waals surface area contributed by atoms with Crippen LogP contribution < -0.4 is 10.6 Å². The van der Waals surface area contributed by atoms with Crippen LogP contribution in [-0.2, 0) is 6.18 Å². The van der Waals surface area contributed by atoms with Gasteiger partial charge < -0.3 is 10.6 Å². The summed E-state index contributed by atoms with van der Waals surface area (Å²) in [5, 5.41) is 9.50. The van der Waals surface area contributed by atoms with Crippen molar-refractivity contribution >= 4 is 67.7 Å². The van der Waals surface area contributed by atoms with Crippen LogP contribution in [-0.4, -0.2) is 35.0 Å². The highest BCUT2D eigenvalue weighted by Gasteiger charge is 2.35. The maximum Gasteiger partial charge on any atom is 0.417 e. The molecule has 194 valence electrons. The molecule has 3 heterocycles. The maximum absolute atomic E-state index is 13.1. The lowest BCUT2D eigenvalue weighted by Gasteiger charge is -2.10. The Labute approximate surface area is 227 Å². The number of ketones is 1. The van der Waals surface area contributed by atoms with Crippen LogP contribution in [0.3, 0.4) is 0 Å². The fraction of sp³-hybridized carbons (Fsp3) is 0.167. The van der Waals surface area contributed by atoms with Crippen LogP contribution in [0, 0.1) is 0 Å². The highest BCUT2D eigenvalue weighted by Crippen LogP contribution is 2.33. The van der Waals surface area contributed by atoms with E-state index in [1.807, 2.05) is 10.8 Å². The van der Waals surface area contributed by atoms with Gasteiger partial charge in [0.05, 0.1) is 26.4 Å². The molecule has 4 rings (SSSR count). The van der Waals surface area contributed by atoms with Crippen molar-refractivity contribution in [2.24, 2.45) is 0 Å². The average molecular weight is 586 g/mol. The molecular formula is C24H19ClF3N3O3S3. The number of benzene rings is 1. The summed E-state index contributed by atoms with van der Waals surface area (Å²) in [6.07, 6.45) is -2.72. The second kappa shape index (κ2) is 13.5. The van der Waals surface area contributed by atoms with Crippen LogP contribution in [0.4, 0.5) is 18.3 Å². The molecule has 3 aromatic heterocycles. The lowest BCUT2D eigenvalue weighted by atomic mass is 10.0. The molecule has 37 heavy (non-hydrogen) atoms. The number of halogens is 4. The van der Waals surface area contributed by atoms with E-state index in [0.29, 0.717) is 34.4 Å². The second-order valence-electron chi connectivity index (χ2n) is 7.17. The summed E-state index contributed by atoms with van der Waals surface area (Å²) in [6, 6.07) is 11.7. The van der Waals surface area contributed by atoms with E-state index in [2.05, 4.69) is 15.6 Å². The molecule has 1 aromatic carbocycles. The number of anilines is 1. The zero-order valence-electron chi connectivity index (χ0n) is 18.9. The Morgan fingerprint density at radius 3 is 2.16 bits per heavy atom. The van der Waals surface area contributed by atoms with Gasteiger partial charge in [-0.05, 0) is 47.0 Å². The second-order valence-corrected chi connectivity index (χ2v) is 10.4. The van der Waals surface area contributed by atoms with Gasteiger partial charge in [0.2, 0.25) is 5.78 Å². The Morgan fingerprint density at radius 1 is 0.892 bits per heavy atom. The number of hydrogen-bond donors (Lipinski definition) is 2. The first-order valence-corrected chi connectivity index (χ1v) is 13.6. The Balaban J connectivity index is 0.000000405. The number of amides is 1. The minimum atomic E-state index is -4.61. The minimum Gasteiger partial charge on any atom is -0.361 e. The monoisotopic (exact) mass is 585 g/mol. The van der Waals surface area contributed by atoms with Gasteiger partial charge in [-0.1, -0.05) is 41.7 Å².